The molecule has 3 nitrogen and oxygen atoms in total. The molecule has 1 aliphatic heterocycles. The zero-order valence-electron chi connectivity index (χ0n) is 9.60. The summed E-state index contributed by atoms with van der Waals surface area (Å²) in [5, 5.41) is 6.04. The van der Waals surface area contributed by atoms with Gasteiger partial charge in [-0.3, -0.25) is 4.79 Å². The minimum Gasteiger partial charge on any atom is -0.323 e. The Labute approximate surface area is 115 Å². The van der Waals surface area contributed by atoms with Gasteiger partial charge < -0.3 is 10.6 Å². The van der Waals surface area contributed by atoms with Crippen molar-refractivity contribution in [3.63, 3.8) is 0 Å². The van der Waals surface area contributed by atoms with Crippen LogP contribution in [0.15, 0.2) is 12.1 Å². The van der Waals surface area contributed by atoms with Crippen molar-refractivity contribution >= 4 is 34.8 Å². The lowest BCUT2D eigenvalue weighted by molar-refractivity contribution is -0.120. The molecule has 6 heteroatoms. The van der Waals surface area contributed by atoms with E-state index < -0.39 is 5.82 Å². The molecular weight excluding hydrogens is 278 g/mol. The van der Waals surface area contributed by atoms with E-state index in [4.69, 9.17) is 23.2 Å². The zero-order valence-corrected chi connectivity index (χ0v) is 11.1. The van der Waals surface area contributed by atoms with Gasteiger partial charge in [0.25, 0.3) is 0 Å². The van der Waals surface area contributed by atoms with E-state index in [0.717, 1.165) is 31.5 Å². The van der Waals surface area contributed by atoms with E-state index in [1.807, 2.05) is 0 Å². The van der Waals surface area contributed by atoms with Crippen molar-refractivity contribution in [2.24, 2.45) is 5.92 Å². The molecule has 0 bridgehead atoms. The Morgan fingerprint density at radius 3 is 2.61 bits per heavy atom. The molecule has 0 saturated carbocycles. The highest BCUT2D eigenvalue weighted by Crippen LogP contribution is 2.32. The standard InChI is InChI=1S/C12H13Cl2FN2O/c13-9-4-8(15)5-10(14)11(9)17-12(18)7-2-1-3-16-6-7/h4-5,7,16H,1-3,6H2,(H,17,18). The Balaban J connectivity index is 2.11. The molecule has 1 aromatic carbocycles. The molecule has 2 rings (SSSR count). The van der Waals surface area contributed by atoms with Gasteiger partial charge in [0, 0.05) is 6.54 Å². The third-order valence-corrected chi connectivity index (χ3v) is 3.52. The maximum atomic E-state index is 13.0. The summed E-state index contributed by atoms with van der Waals surface area (Å²) >= 11 is 11.7. The van der Waals surface area contributed by atoms with Crippen LogP contribution in [0.3, 0.4) is 0 Å². The number of anilines is 1. The van der Waals surface area contributed by atoms with Gasteiger partial charge in [0.05, 0.1) is 21.7 Å². The van der Waals surface area contributed by atoms with Crippen LogP contribution in [0.1, 0.15) is 12.8 Å². The number of hydrogen-bond acceptors (Lipinski definition) is 2. The maximum absolute atomic E-state index is 13.0. The van der Waals surface area contributed by atoms with Crippen LogP contribution < -0.4 is 10.6 Å². The predicted molar refractivity (Wildman–Crippen MR) is 70.6 cm³/mol. The normalized spacial score (nSPS) is 19.6. The van der Waals surface area contributed by atoms with Crippen LogP contribution in [0, 0.1) is 11.7 Å². The molecule has 1 amide bonds. The van der Waals surface area contributed by atoms with Crippen molar-refractivity contribution in [3.05, 3.63) is 28.0 Å². The molecule has 1 heterocycles. The van der Waals surface area contributed by atoms with Crippen LogP contribution in [0.4, 0.5) is 10.1 Å². The van der Waals surface area contributed by atoms with Gasteiger partial charge in [0.15, 0.2) is 0 Å². The maximum Gasteiger partial charge on any atom is 0.228 e. The zero-order chi connectivity index (χ0) is 13.1. The van der Waals surface area contributed by atoms with Crippen molar-refractivity contribution in [1.29, 1.82) is 0 Å². The van der Waals surface area contributed by atoms with Crippen molar-refractivity contribution in [3.8, 4) is 0 Å². The minimum absolute atomic E-state index is 0.101. The van der Waals surface area contributed by atoms with E-state index in [1.54, 1.807) is 0 Å². The van der Waals surface area contributed by atoms with Crippen LogP contribution in [0.5, 0.6) is 0 Å². The SMILES string of the molecule is O=C(Nc1c(Cl)cc(F)cc1Cl)C1CCCNC1. The molecule has 18 heavy (non-hydrogen) atoms. The number of benzene rings is 1. The predicted octanol–water partition coefficient (Wildman–Crippen LogP) is 3.07. The second-order valence-electron chi connectivity index (χ2n) is 4.28. The summed E-state index contributed by atoms with van der Waals surface area (Å²) in [6, 6.07) is 2.25. The summed E-state index contributed by atoms with van der Waals surface area (Å²) in [6.07, 6.45) is 1.79. The first kappa shape index (κ1) is 13.6. The number of carbonyl (C=O) groups is 1. The van der Waals surface area contributed by atoms with E-state index in [-0.39, 0.29) is 27.6 Å². The lowest BCUT2D eigenvalue weighted by Gasteiger charge is -2.22. The summed E-state index contributed by atoms with van der Waals surface area (Å²) in [5.41, 5.74) is 0.273. The molecule has 98 valence electrons. The topological polar surface area (TPSA) is 41.1 Å². The highest BCUT2D eigenvalue weighted by Gasteiger charge is 2.22. The van der Waals surface area contributed by atoms with Gasteiger partial charge in [-0.15, -0.1) is 0 Å². The molecule has 1 fully saturated rings. The minimum atomic E-state index is -0.526. The molecule has 1 aliphatic rings. The third kappa shape index (κ3) is 3.13. The molecule has 0 radical (unpaired) electrons. The summed E-state index contributed by atoms with van der Waals surface area (Å²) in [6.45, 7) is 1.57. The van der Waals surface area contributed by atoms with Crippen molar-refractivity contribution in [1.82, 2.24) is 5.32 Å². The van der Waals surface area contributed by atoms with Gasteiger partial charge >= 0.3 is 0 Å². The molecule has 0 aromatic heterocycles. The van der Waals surface area contributed by atoms with Crippen molar-refractivity contribution in [2.75, 3.05) is 18.4 Å². The van der Waals surface area contributed by atoms with E-state index in [2.05, 4.69) is 10.6 Å². The smallest absolute Gasteiger partial charge is 0.228 e. The van der Waals surface area contributed by atoms with Gasteiger partial charge in [-0.05, 0) is 31.5 Å². The molecule has 1 saturated heterocycles. The number of carbonyl (C=O) groups excluding carboxylic acids is 1. The fourth-order valence-electron chi connectivity index (χ4n) is 1.96. The van der Waals surface area contributed by atoms with Crippen molar-refractivity contribution in [2.45, 2.75) is 12.8 Å². The Hall–Kier alpha value is -0.840. The first-order chi connectivity index (χ1) is 8.58. The Kier molecular flexibility index (Phi) is 4.43. The molecular formula is C12H13Cl2FN2O. The van der Waals surface area contributed by atoms with Crippen LogP contribution in [0.25, 0.3) is 0 Å². The summed E-state index contributed by atoms with van der Waals surface area (Å²) in [7, 11) is 0. The molecule has 0 spiro atoms. The van der Waals surface area contributed by atoms with Gasteiger partial charge in [-0.2, -0.15) is 0 Å². The fourth-order valence-corrected chi connectivity index (χ4v) is 2.52. The van der Waals surface area contributed by atoms with Gasteiger partial charge in [0.2, 0.25) is 5.91 Å². The summed E-state index contributed by atoms with van der Waals surface area (Å²) in [5.74, 6) is -0.768. The summed E-state index contributed by atoms with van der Waals surface area (Å²) < 4.78 is 13.0. The molecule has 1 unspecified atom stereocenters. The first-order valence-corrected chi connectivity index (χ1v) is 6.49. The van der Waals surface area contributed by atoms with Crippen LogP contribution in [-0.4, -0.2) is 19.0 Å². The number of amides is 1. The third-order valence-electron chi connectivity index (χ3n) is 2.92. The van der Waals surface area contributed by atoms with Gasteiger partial charge in [0.1, 0.15) is 5.82 Å². The van der Waals surface area contributed by atoms with E-state index in [1.165, 1.54) is 0 Å². The quantitative estimate of drug-likeness (QED) is 0.879. The number of hydrogen-bond donors (Lipinski definition) is 2. The number of piperidine rings is 1. The Morgan fingerprint density at radius 2 is 2.06 bits per heavy atom. The van der Waals surface area contributed by atoms with Gasteiger partial charge in [-0.25, -0.2) is 4.39 Å². The average molecular weight is 291 g/mol. The molecule has 1 aromatic rings. The monoisotopic (exact) mass is 290 g/mol. The first-order valence-electron chi connectivity index (χ1n) is 5.74. The molecule has 1 atom stereocenters. The lowest BCUT2D eigenvalue weighted by atomic mass is 9.99. The summed E-state index contributed by atoms with van der Waals surface area (Å²) in [4.78, 5) is 12.0. The number of nitrogens with one attached hydrogen (secondary N) is 2. The molecule has 0 aliphatic carbocycles. The average Bonchev–Trinajstić information content (AvgIpc) is 2.34. The van der Waals surface area contributed by atoms with Crippen LogP contribution >= 0.6 is 23.2 Å². The Bertz CT molecular complexity index is 438. The number of rotatable bonds is 2. The highest BCUT2D eigenvalue weighted by atomic mass is 35.5. The Morgan fingerprint density at radius 1 is 1.39 bits per heavy atom. The van der Waals surface area contributed by atoms with Gasteiger partial charge in [-0.1, -0.05) is 23.2 Å². The van der Waals surface area contributed by atoms with E-state index in [0.29, 0.717) is 6.54 Å². The molecule has 2 N–H and O–H groups in total. The van der Waals surface area contributed by atoms with Crippen LogP contribution in [0.2, 0.25) is 10.0 Å². The lowest BCUT2D eigenvalue weighted by Crippen LogP contribution is -2.37. The highest BCUT2D eigenvalue weighted by molar-refractivity contribution is 6.39. The largest absolute Gasteiger partial charge is 0.323 e. The van der Waals surface area contributed by atoms with E-state index in [9.17, 15) is 9.18 Å². The van der Waals surface area contributed by atoms with E-state index >= 15 is 0 Å². The number of halogens is 3. The second-order valence-corrected chi connectivity index (χ2v) is 5.09. The fraction of sp³-hybridized carbons (Fsp3) is 0.417. The second kappa shape index (κ2) is 5.87. The van der Waals surface area contributed by atoms with Crippen molar-refractivity contribution < 1.29 is 9.18 Å². The van der Waals surface area contributed by atoms with Crippen LogP contribution in [-0.2, 0) is 4.79 Å².